The molecule has 12 rings (SSSR count). The average molecular weight is 928 g/mol. The molecule has 4 heteroatoms. The Morgan fingerprint density at radius 2 is 0.761 bits per heavy atom. The first-order valence-electron chi connectivity index (χ1n) is 24.5. The van der Waals surface area contributed by atoms with Crippen molar-refractivity contribution in [1.82, 2.24) is 15.0 Å². The van der Waals surface area contributed by atoms with E-state index in [4.69, 9.17) is 4.98 Å². The van der Waals surface area contributed by atoms with Gasteiger partial charge in [0, 0.05) is 55.5 Å². The number of nitrogens with zero attached hydrogens (tertiary/aromatic N) is 3. The normalized spacial score (nSPS) is 11.3. The number of rotatable bonds is 13. The molecule has 0 aliphatic carbocycles. The van der Waals surface area contributed by atoms with Gasteiger partial charge in [-0.25, -0.2) is 0 Å². The lowest BCUT2D eigenvalue weighted by Crippen LogP contribution is -1.98. The van der Waals surface area contributed by atoms with Gasteiger partial charge in [-0.05, 0) is 153 Å². The van der Waals surface area contributed by atoms with Crippen molar-refractivity contribution in [1.29, 1.82) is 0 Å². The minimum absolute atomic E-state index is 0.927. The van der Waals surface area contributed by atoms with Gasteiger partial charge in [0.05, 0.1) is 17.1 Å². The lowest BCUT2D eigenvalue weighted by Gasteiger charge is -2.18. The first-order chi connectivity index (χ1) is 35.1. The fourth-order valence-corrected chi connectivity index (χ4v) is 11.1. The molecule has 4 aromatic heterocycles. The summed E-state index contributed by atoms with van der Waals surface area (Å²) in [7, 11) is 0. The van der Waals surface area contributed by atoms with Crippen LogP contribution in [0.25, 0.3) is 98.5 Å². The number of benzene rings is 8. The molecule has 0 radical (unpaired) electrons. The average Bonchev–Trinajstić information content (AvgIpc) is 3.82. The van der Waals surface area contributed by atoms with Gasteiger partial charge >= 0.3 is 0 Å². The molecule has 0 saturated heterocycles. The van der Waals surface area contributed by atoms with E-state index in [2.05, 4.69) is 210 Å². The fourth-order valence-electron chi connectivity index (χ4n) is 9.97. The van der Waals surface area contributed by atoms with Gasteiger partial charge in [-0.3, -0.25) is 15.0 Å². The molecule has 4 heterocycles. The van der Waals surface area contributed by atoms with E-state index in [1.54, 1.807) is 0 Å². The van der Waals surface area contributed by atoms with E-state index in [1.165, 1.54) is 86.9 Å². The maximum Gasteiger partial charge on any atom is 0.0702 e. The second-order valence-electron chi connectivity index (χ2n) is 18.3. The van der Waals surface area contributed by atoms with Crippen molar-refractivity contribution in [2.45, 2.75) is 25.7 Å². The van der Waals surface area contributed by atoms with Crippen LogP contribution in [0.3, 0.4) is 0 Å². The van der Waals surface area contributed by atoms with Gasteiger partial charge < -0.3 is 0 Å². The van der Waals surface area contributed by atoms with Gasteiger partial charge in [-0.15, -0.1) is 11.3 Å². The highest BCUT2D eigenvalue weighted by molar-refractivity contribution is 7.25. The predicted octanol–water partition coefficient (Wildman–Crippen LogP) is 17.5. The monoisotopic (exact) mass is 927 g/mol. The summed E-state index contributed by atoms with van der Waals surface area (Å²) in [6, 6.07) is 83.9. The zero-order chi connectivity index (χ0) is 47.3. The van der Waals surface area contributed by atoms with Gasteiger partial charge in [0.25, 0.3) is 0 Å². The maximum atomic E-state index is 4.79. The molecule has 0 atom stereocenters. The lowest BCUT2D eigenvalue weighted by molar-refractivity contribution is 0.931. The second kappa shape index (κ2) is 19.8. The number of fused-ring (bicyclic) bond motifs is 3. The van der Waals surface area contributed by atoms with Crippen molar-refractivity contribution in [2.24, 2.45) is 0 Å². The van der Waals surface area contributed by atoms with Gasteiger partial charge in [0.1, 0.15) is 0 Å². The van der Waals surface area contributed by atoms with Crippen molar-refractivity contribution >= 4 is 31.5 Å². The first-order valence-corrected chi connectivity index (χ1v) is 25.3. The Labute approximate surface area is 419 Å². The van der Waals surface area contributed by atoms with Crippen LogP contribution in [0.15, 0.2) is 249 Å². The molecule has 71 heavy (non-hydrogen) atoms. The largest absolute Gasteiger partial charge is 0.256 e. The van der Waals surface area contributed by atoms with Gasteiger partial charge in [-0.2, -0.15) is 0 Å². The van der Waals surface area contributed by atoms with Crippen molar-refractivity contribution in [2.75, 3.05) is 0 Å². The summed E-state index contributed by atoms with van der Waals surface area (Å²) >= 11 is 1.87. The van der Waals surface area contributed by atoms with E-state index in [1.807, 2.05) is 60.3 Å². The Morgan fingerprint density at radius 1 is 0.254 bits per heavy atom. The number of hydrogen-bond donors (Lipinski definition) is 0. The standard InChI is InChI=1S/C67H49N3S/c1-2-12-50(13-3-1)53-33-36-66-62(43-53)60-35-31-54(45-67(60)71-66)61-44-55(65-18-8-11-39-70-65)32-34-59(61)58-15-5-4-14-57(58)56-41-48(21-19-46-23-27-51(28-24-46)63-16-6-9-37-68-63)40-49(42-56)22-20-47-25-29-52(30-26-47)64-17-7-10-38-69-64/h1-18,23-45H,19-22H2. The summed E-state index contributed by atoms with van der Waals surface area (Å²) in [5, 5.41) is 2.58. The van der Waals surface area contributed by atoms with Crippen LogP contribution >= 0.6 is 11.3 Å². The third kappa shape index (κ3) is 9.46. The van der Waals surface area contributed by atoms with Crippen molar-refractivity contribution in [3.05, 3.63) is 271 Å². The quantitative estimate of drug-likeness (QED) is 0.116. The van der Waals surface area contributed by atoms with Crippen LogP contribution in [0, 0.1) is 0 Å². The highest BCUT2D eigenvalue weighted by Crippen LogP contribution is 2.44. The Balaban J connectivity index is 0.924. The maximum absolute atomic E-state index is 4.79. The van der Waals surface area contributed by atoms with E-state index in [0.29, 0.717) is 0 Å². The number of pyridine rings is 3. The molecule has 338 valence electrons. The van der Waals surface area contributed by atoms with Crippen LogP contribution in [-0.2, 0) is 25.7 Å². The molecule has 12 aromatic rings. The predicted molar refractivity (Wildman–Crippen MR) is 298 cm³/mol. The fraction of sp³-hybridized carbons (Fsp3) is 0.0597. The summed E-state index contributed by atoms with van der Waals surface area (Å²) < 4.78 is 2.57. The molecule has 0 aliphatic rings. The zero-order valence-electron chi connectivity index (χ0n) is 39.2. The van der Waals surface area contributed by atoms with Crippen molar-refractivity contribution < 1.29 is 0 Å². The highest BCUT2D eigenvalue weighted by atomic mass is 32.1. The van der Waals surface area contributed by atoms with E-state index in [0.717, 1.165) is 59.5 Å². The molecular formula is C67H49N3S. The van der Waals surface area contributed by atoms with E-state index < -0.39 is 0 Å². The van der Waals surface area contributed by atoms with Crippen LogP contribution in [0.5, 0.6) is 0 Å². The molecule has 0 unspecified atom stereocenters. The molecule has 0 N–H and O–H groups in total. The summed E-state index contributed by atoms with van der Waals surface area (Å²) in [6.45, 7) is 0. The van der Waals surface area contributed by atoms with Gasteiger partial charge in [-0.1, -0.05) is 170 Å². The molecule has 0 aliphatic heterocycles. The molecule has 0 fully saturated rings. The minimum Gasteiger partial charge on any atom is -0.256 e. The molecule has 0 saturated carbocycles. The first kappa shape index (κ1) is 43.7. The Kier molecular flexibility index (Phi) is 12.2. The molecule has 0 amide bonds. The topological polar surface area (TPSA) is 38.7 Å². The Bertz CT molecular complexity index is 3670. The molecular weight excluding hydrogens is 879 g/mol. The van der Waals surface area contributed by atoms with E-state index in [9.17, 15) is 0 Å². The molecule has 0 bridgehead atoms. The molecule has 3 nitrogen and oxygen atoms in total. The Hall–Kier alpha value is -8.57. The van der Waals surface area contributed by atoms with Crippen LogP contribution in [0.1, 0.15) is 22.3 Å². The lowest BCUT2D eigenvalue weighted by atomic mass is 9.86. The summed E-state index contributed by atoms with van der Waals surface area (Å²) in [5.41, 5.74) is 21.3. The third-order valence-electron chi connectivity index (χ3n) is 13.7. The van der Waals surface area contributed by atoms with E-state index >= 15 is 0 Å². The van der Waals surface area contributed by atoms with Crippen molar-refractivity contribution in [3.8, 4) is 78.3 Å². The summed E-state index contributed by atoms with van der Waals surface area (Å²) in [6.07, 6.45) is 9.32. The minimum atomic E-state index is 0.927. The number of aryl methyl sites for hydroxylation is 4. The summed E-state index contributed by atoms with van der Waals surface area (Å²) in [5.74, 6) is 0. The van der Waals surface area contributed by atoms with Crippen LogP contribution in [0.2, 0.25) is 0 Å². The van der Waals surface area contributed by atoms with Crippen molar-refractivity contribution in [3.63, 3.8) is 0 Å². The summed E-state index contributed by atoms with van der Waals surface area (Å²) in [4.78, 5) is 13.9. The Morgan fingerprint density at radius 3 is 1.37 bits per heavy atom. The number of hydrogen-bond acceptors (Lipinski definition) is 4. The SMILES string of the molecule is c1ccc(-c2ccc3sc4cc(-c5cc(-c6ccccn6)ccc5-c5ccccc5-c5cc(CCc6ccc(-c7ccccn7)cc6)cc(CCc6ccc(-c7ccccn7)cc6)c5)ccc4c3c2)cc1. The second-order valence-corrected chi connectivity index (χ2v) is 19.4. The van der Waals surface area contributed by atoms with Gasteiger partial charge in [0.15, 0.2) is 0 Å². The van der Waals surface area contributed by atoms with E-state index in [-0.39, 0.29) is 0 Å². The number of aromatic nitrogens is 3. The molecule has 0 spiro atoms. The smallest absolute Gasteiger partial charge is 0.0702 e. The third-order valence-corrected chi connectivity index (χ3v) is 14.8. The van der Waals surface area contributed by atoms with Crippen LogP contribution < -0.4 is 0 Å². The zero-order valence-corrected chi connectivity index (χ0v) is 40.1. The molecule has 8 aromatic carbocycles. The number of thiophene rings is 1. The highest BCUT2D eigenvalue weighted by Gasteiger charge is 2.18. The van der Waals surface area contributed by atoms with Gasteiger partial charge in [0.2, 0.25) is 0 Å². The van der Waals surface area contributed by atoms with Crippen LogP contribution in [0.4, 0.5) is 0 Å². The van der Waals surface area contributed by atoms with Crippen LogP contribution in [-0.4, -0.2) is 15.0 Å².